The van der Waals surface area contributed by atoms with Crippen molar-refractivity contribution in [1.29, 1.82) is 0 Å². The minimum atomic E-state index is 0.282. The Kier molecular flexibility index (Phi) is 3.33. The van der Waals surface area contributed by atoms with Crippen LogP contribution in [0.1, 0.15) is 48.0 Å². The third-order valence-corrected chi connectivity index (χ3v) is 4.80. The third-order valence-electron chi connectivity index (χ3n) is 4.80. The summed E-state index contributed by atoms with van der Waals surface area (Å²) in [5.74, 6) is 1.68. The molecule has 0 aromatic rings. The Morgan fingerprint density at radius 2 is 1.82 bits per heavy atom. The van der Waals surface area contributed by atoms with Gasteiger partial charge in [0.05, 0.1) is 0 Å². The van der Waals surface area contributed by atoms with Crippen molar-refractivity contribution in [3.8, 4) is 0 Å². The highest BCUT2D eigenvalue weighted by atomic mass is 15.3. The Hall–Kier alpha value is -0.0800. The number of piperazine rings is 1. The summed E-state index contributed by atoms with van der Waals surface area (Å²) in [5.41, 5.74) is 0.890. The summed E-state index contributed by atoms with van der Waals surface area (Å²) in [4.78, 5) is 2.75. The predicted octanol–water partition coefficient (Wildman–Crippen LogP) is 2.74. The molecular weight excluding hydrogens is 208 g/mol. The lowest BCUT2D eigenvalue weighted by molar-refractivity contribution is 0.0623. The van der Waals surface area contributed by atoms with E-state index in [1.165, 1.54) is 19.5 Å². The van der Waals surface area contributed by atoms with Crippen molar-refractivity contribution in [3.63, 3.8) is 0 Å². The Labute approximate surface area is 107 Å². The van der Waals surface area contributed by atoms with E-state index in [1.807, 2.05) is 0 Å². The second-order valence-electron chi connectivity index (χ2n) is 7.90. The van der Waals surface area contributed by atoms with Gasteiger partial charge in [-0.1, -0.05) is 27.7 Å². The van der Waals surface area contributed by atoms with E-state index in [-0.39, 0.29) is 5.54 Å². The van der Waals surface area contributed by atoms with Crippen LogP contribution >= 0.6 is 0 Å². The van der Waals surface area contributed by atoms with Crippen molar-refractivity contribution in [3.05, 3.63) is 0 Å². The van der Waals surface area contributed by atoms with E-state index in [2.05, 4.69) is 51.8 Å². The van der Waals surface area contributed by atoms with E-state index in [1.54, 1.807) is 0 Å². The second-order valence-corrected chi connectivity index (χ2v) is 7.90. The Morgan fingerprint density at radius 3 is 2.29 bits per heavy atom. The van der Waals surface area contributed by atoms with Crippen LogP contribution in [0.3, 0.4) is 0 Å². The molecule has 2 fully saturated rings. The molecule has 2 aliphatic rings. The van der Waals surface area contributed by atoms with Crippen LogP contribution in [0.2, 0.25) is 0 Å². The van der Waals surface area contributed by atoms with Crippen LogP contribution in [0.4, 0.5) is 0 Å². The first-order chi connectivity index (χ1) is 7.71. The lowest BCUT2D eigenvalue weighted by Crippen LogP contribution is -2.63. The highest BCUT2D eigenvalue weighted by Crippen LogP contribution is 2.52. The molecule has 0 amide bonds. The van der Waals surface area contributed by atoms with Gasteiger partial charge in [-0.25, -0.2) is 0 Å². The first kappa shape index (κ1) is 13.4. The first-order valence-electron chi connectivity index (χ1n) is 7.20. The van der Waals surface area contributed by atoms with Gasteiger partial charge in [0.2, 0.25) is 0 Å². The summed E-state index contributed by atoms with van der Waals surface area (Å²) in [6, 6.07) is 0.722. The van der Waals surface area contributed by atoms with Gasteiger partial charge in [0.25, 0.3) is 0 Å². The van der Waals surface area contributed by atoms with Crippen molar-refractivity contribution in [2.75, 3.05) is 19.6 Å². The second kappa shape index (κ2) is 4.24. The average molecular weight is 238 g/mol. The van der Waals surface area contributed by atoms with Crippen LogP contribution < -0.4 is 5.32 Å². The molecule has 1 N–H and O–H groups in total. The molecule has 2 rings (SSSR count). The lowest BCUT2D eigenvalue weighted by Gasteiger charge is -2.46. The normalized spacial score (nSPS) is 36.2. The number of rotatable bonds is 3. The van der Waals surface area contributed by atoms with Crippen LogP contribution in [0, 0.1) is 17.3 Å². The van der Waals surface area contributed by atoms with Crippen LogP contribution in [0.5, 0.6) is 0 Å². The average Bonchev–Trinajstić information content (AvgIpc) is 2.71. The first-order valence-corrected chi connectivity index (χ1v) is 7.20. The molecule has 1 aliphatic heterocycles. The summed E-state index contributed by atoms with van der Waals surface area (Å²) in [6.45, 7) is 17.8. The molecule has 100 valence electrons. The Morgan fingerprint density at radius 1 is 1.24 bits per heavy atom. The van der Waals surface area contributed by atoms with E-state index in [0.717, 1.165) is 24.4 Å². The zero-order chi connectivity index (χ0) is 12.8. The zero-order valence-corrected chi connectivity index (χ0v) is 12.5. The fourth-order valence-electron chi connectivity index (χ4n) is 3.22. The van der Waals surface area contributed by atoms with Gasteiger partial charge in [0.1, 0.15) is 0 Å². The standard InChI is InChI=1S/C15H30N2/c1-11(2)13-8-16-15(5,6)10-17(13)9-12-7-14(12,3)4/h11-13,16H,7-10H2,1-6H3. The molecule has 2 nitrogen and oxygen atoms in total. The van der Waals surface area contributed by atoms with Crippen LogP contribution in [0.15, 0.2) is 0 Å². The molecule has 1 saturated heterocycles. The maximum absolute atomic E-state index is 3.69. The van der Waals surface area contributed by atoms with Crippen molar-refractivity contribution in [2.45, 2.75) is 59.5 Å². The van der Waals surface area contributed by atoms with Gasteiger partial charge in [-0.15, -0.1) is 0 Å². The topological polar surface area (TPSA) is 15.3 Å². The lowest BCUT2D eigenvalue weighted by atomic mass is 9.92. The number of hydrogen-bond acceptors (Lipinski definition) is 2. The van der Waals surface area contributed by atoms with Crippen molar-refractivity contribution in [1.82, 2.24) is 10.2 Å². The van der Waals surface area contributed by atoms with Gasteiger partial charge in [0.15, 0.2) is 0 Å². The smallest absolute Gasteiger partial charge is 0.0252 e. The van der Waals surface area contributed by atoms with Gasteiger partial charge in [-0.05, 0) is 37.5 Å². The van der Waals surface area contributed by atoms with E-state index in [4.69, 9.17) is 0 Å². The number of nitrogens with one attached hydrogen (secondary N) is 1. The van der Waals surface area contributed by atoms with Gasteiger partial charge < -0.3 is 5.32 Å². The fourth-order valence-corrected chi connectivity index (χ4v) is 3.22. The SMILES string of the molecule is CC(C)C1CNC(C)(C)CN1CC1CC1(C)C. The van der Waals surface area contributed by atoms with Crippen LogP contribution in [-0.2, 0) is 0 Å². The summed E-state index contributed by atoms with van der Waals surface area (Å²) < 4.78 is 0. The van der Waals surface area contributed by atoms with Crippen LogP contribution in [0.25, 0.3) is 0 Å². The molecule has 1 heterocycles. The number of nitrogens with zero attached hydrogens (tertiary/aromatic N) is 1. The zero-order valence-electron chi connectivity index (χ0n) is 12.5. The Bertz CT molecular complexity index is 281. The fraction of sp³-hybridized carbons (Fsp3) is 1.00. The molecule has 0 bridgehead atoms. The molecule has 1 aliphatic carbocycles. The molecular formula is C15H30N2. The van der Waals surface area contributed by atoms with E-state index < -0.39 is 0 Å². The maximum Gasteiger partial charge on any atom is 0.0252 e. The molecule has 0 aromatic heterocycles. The van der Waals surface area contributed by atoms with E-state index in [9.17, 15) is 0 Å². The molecule has 0 radical (unpaired) electrons. The minimum absolute atomic E-state index is 0.282. The van der Waals surface area contributed by atoms with Crippen molar-refractivity contribution in [2.24, 2.45) is 17.3 Å². The maximum atomic E-state index is 3.69. The molecule has 2 heteroatoms. The van der Waals surface area contributed by atoms with Gasteiger partial charge in [-0.3, -0.25) is 4.90 Å². The number of hydrogen-bond donors (Lipinski definition) is 1. The van der Waals surface area contributed by atoms with Crippen molar-refractivity contribution >= 4 is 0 Å². The summed E-state index contributed by atoms with van der Waals surface area (Å²) in [7, 11) is 0. The highest BCUT2D eigenvalue weighted by Gasteiger charge is 2.47. The predicted molar refractivity (Wildman–Crippen MR) is 74.2 cm³/mol. The van der Waals surface area contributed by atoms with Crippen molar-refractivity contribution < 1.29 is 0 Å². The van der Waals surface area contributed by atoms with Gasteiger partial charge >= 0.3 is 0 Å². The third kappa shape index (κ3) is 3.03. The monoisotopic (exact) mass is 238 g/mol. The summed E-state index contributed by atoms with van der Waals surface area (Å²) in [6.07, 6.45) is 1.42. The van der Waals surface area contributed by atoms with Crippen LogP contribution in [-0.4, -0.2) is 36.1 Å². The molecule has 2 atom stereocenters. The highest BCUT2D eigenvalue weighted by molar-refractivity contribution is 5.00. The Balaban J connectivity index is 1.99. The summed E-state index contributed by atoms with van der Waals surface area (Å²) >= 11 is 0. The molecule has 17 heavy (non-hydrogen) atoms. The molecule has 1 saturated carbocycles. The summed E-state index contributed by atoms with van der Waals surface area (Å²) in [5, 5.41) is 3.69. The van der Waals surface area contributed by atoms with E-state index >= 15 is 0 Å². The van der Waals surface area contributed by atoms with Gasteiger partial charge in [-0.2, -0.15) is 0 Å². The van der Waals surface area contributed by atoms with Gasteiger partial charge in [0, 0.05) is 31.2 Å². The quantitative estimate of drug-likeness (QED) is 0.813. The largest absolute Gasteiger partial charge is 0.309 e. The molecule has 2 unspecified atom stereocenters. The molecule has 0 spiro atoms. The van der Waals surface area contributed by atoms with E-state index in [0.29, 0.717) is 5.41 Å². The minimum Gasteiger partial charge on any atom is -0.309 e. The molecule has 0 aromatic carbocycles.